The van der Waals surface area contributed by atoms with Crippen molar-refractivity contribution in [2.75, 3.05) is 5.73 Å². The van der Waals surface area contributed by atoms with Gasteiger partial charge in [-0.1, -0.05) is 5.16 Å². The minimum Gasteiger partial charge on any atom is -0.381 e. The molecule has 11 heavy (non-hydrogen) atoms. The van der Waals surface area contributed by atoms with Gasteiger partial charge in [-0.05, 0) is 6.07 Å². The maximum Gasteiger partial charge on any atom is 0.170 e. The van der Waals surface area contributed by atoms with Crippen LogP contribution in [0.1, 0.15) is 0 Å². The first-order valence-electron chi connectivity index (χ1n) is 3.21. The van der Waals surface area contributed by atoms with Gasteiger partial charge in [0.15, 0.2) is 11.6 Å². The van der Waals surface area contributed by atoms with E-state index in [1.54, 1.807) is 6.07 Å². The maximum absolute atomic E-state index is 5.37. The number of hydrogen-bond donors (Lipinski definition) is 2. The molecule has 0 aliphatic carbocycles. The molecule has 0 amide bonds. The summed E-state index contributed by atoms with van der Waals surface area (Å²) in [5, 5.41) is 3.56. The SMILES string of the molecule is Nc1cc(-c2cc[nH]c2)on1. The predicted octanol–water partition coefficient (Wildman–Crippen LogP) is 1.25. The molecule has 0 aliphatic heterocycles. The van der Waals surface area contributed by atoms with E-state index in [4.69, 9.17) is 10.3 Å². The molecule has 4 nitrogen and oxygen atoms in total. The number of H-pyrrole nitrogens is 1. The van der Waals surface area contributed by atoms with Gasteiger partial charge in [-0.2, -0.15) is 0 Å². The Balaban J connectivity index is 2.45. The third-order valence-corrected chi connectivity index (χ3v) is 1.41. The second-order valence-electron chi connectivity index (χ2n) is 2.22. The minimum atomic E-state index is 0.404. The van der Waals surface area contributed by atoms with Gasteiger partial charge in [0, 0.05) is 24.0 Å². The van der Waals surface area contributed by atoms with E-state index in [9.17, 15) is 0 Å². The van der Waals surface area contributed by atoms with Crippen LogP contribution in [0.5, 0.6) is 0 Å². The Kier molecular flexibility index (Phi) is 1.18. The van der Waals surface area contributed by atoms with Crippen molar-refractivity contribution >= 4 is 5.82 Å². The first-order valence-corrected chi connectivity index (χ1v) is 3.21. The van der Waals surface area contributed by atoms with Crippen LogP contribution in [0.15, 0.2) is 29.0 Å². The number of anilines is 1. The molecule has 0 unspecified atom stereocenters. The summed E-state index contributed by atoms with van der Waals surface area (Å²) >= 11 is 0. The molecule has 2 heterocycles. The lowest BCUT2D eigenvalue weighted by Gasteiger charge is -1.82. The molecule has 0 aliphatic rings. The lowest BCUT2D eigenvalue weighted by molar-refractivity contribution is 0.436. The van der Waals surface area contributed by atoms with Gasteiger partial charge in [0.2, 0.25) is 0 Å². The molecule has 0 spiro atoms. The van der Waals surface area contributed by atoms with Gasteiger partial charge in [0.1, 0.15) is 0 Å². The van der Waals surface area contributed by atoms with E-state index in [1.807, 2.05) is 18.5 Å². The van der Waals surface area contributed by atoms with Crippen molar-refractivity contribution < 1.29 is 4.52 Å². The molecule has 0 aromatic carbocycles. The van der Waals surface area contributed by atoms with Crippen LogP contribution < -0.4 is 5.73 Å². The zero-order valence-electron chi connectivity index (χ0n) is 5.74. The largest absolute Gasteiger partial charge is 0.381 e. The average Bonchev–Trinajstić information content (AvgIpc) is 2.55. The molecule has 0 fully saturated rings. The van der Waals surface area contributed by atoms with Gasteiger partial charge in [0.05, 0.1) is 0 Å². The Bertz CT molecular complexity index is 336. The summed E-state index contributed by atoms with van der Waals surface area (Å²) in [6.07, 6.45) is 3.63. The van der Waals surface area contributed by atoms with Crippen LogP contribution in [-0.2, 0) is 0 Å². The topological polar surface area (TPSA) is 67.8 Å². The molecule has 0 saturated carbocycles. The standard InChI is InChI=1S/C7H7N3O/c8-7-3-6(11-10-7)5-1-2-9-4-5/h1-4,9H,(H2,8,10). The summed E-state index contributed by atoms with van der Waals surface area (Å²) < 4.78 is 4.91. The number of hydrogen-bond acceptors (Lipinski definition) is 3. The molecular formula is C7H7N3O. The molecule has 56 valence electrons. The van der Waals surface area contributed by atoms with Crippen LogP contribution in [0.3, 0.4) is 0 Å². The van der Waals surface area contributed by atoms with Crippen LogP contribution in [0.2, 0.25) is 0 Å². The fraction of sp³-hybridized carbons (Fsp3) is 0. The van der Waals surface area contributed by atoms with Crippen molar-refractivity contribution in [1.29, 1.82) is 0 Å². The summed E-state index contributed by atoms with van der Waals surface area (Å²) in [7, 11) is 0. The van der Waals surface area contributed by atoms with Gasteiger partial charge in [-0.25, -0.2) is 0 Å². The number of nitrogens with two attached hydrogens (primary N) is 1. The molecular weight excluding hydrogens is 142 g/mol. The summed E-state index contributed by atoms with van der Waals surface area (Å²) in [5.74, 6) is 1.09. The number of aromatic amines is 1. The quantitative estimate of drug-likeness (QED) is 0.641. The van der Waals surface area contributed by atoms with E-state index < -0.39 is 0 Å². The fourth-order valence-electron chi connectivity index (χ4n) is 0.902. The normalized spacial score (nSPS) is 10.2. The number of nitrogens with zero attached hydrogens (tertiary/aromatic N) is 1. The molecule has 0 saturated heterocycles. The Hall–Kier alpha value is -1.71. The molecule has 4 heteroatoms. The third-order valence-electron chi connectivity index (χ3n) is 1.41. The van der Waals surface area contributed by atoms with Crippen molar-refractivity contribution in [2.45, 2.75) is 0 Å². The predicted molar refractivity (Wildman–Crippen MR) is 40.7 cm³/mol. The van der Waals surface area contributed by atoms with Crippen LogP contribution in [0.4, 0.5) is 5.82 Å². The summed E-state index contributed by atoms with van der Waals surface area (Å²) in [4.78, 5) is 2.91. The number of nitrogen functional groups attached to an aromatic ring is 1. The van der Waals surface area contributed by atoms with E-state index in [2.05, 4.69) is 10.1 Å². The van der Waals surface area contributed by atoms with E-state index in [1.165, 1.54) is 0 Å². The molecule has 2 aromatic rings. The molecule has 0 radical (unpaired) electrons. The van der Waals surface area contributed by atoms with Crippen molar-refractivity contribution in [2.24, 2.45) is 0 Å². The lowest BCUT2D eigenvalue weighted by Crippen LogP contribution is -1.79. The van der Waals surface area contributed by atoms with Crippen molar-refractivity contribution in [3.05, 3.63) is 24.5 Å². The molecule has 2 aromatic heterocycles. The zero-order valence-corrected chi connectivity index (χ0v) is 5.74. The second kappa shape index (κ2) is 2.16. The third kappa shape index (κ3) is 0.980. The van der Waals surface area contributed by atoms with Crippen LogP contribution in [0, 0.1) is 0 Å². The lowest BCUT2D eigenvalue weighted by atomic mass is 10.3. The van der Waals surface area contributed by atoms with Crippen LogP contribution in [-0.4, -0.2) is 10.1 Å². The Morgan fingerprint density at radius 2 is 2.45 bits per heavy atom. The van der Waals surface area contributed by atoms with Crippen molar-refractivity contribution in [3.8, 4) is 11.3 Å². The van der Waals surface area contributed by atoms with Crippen molar-refractivity contribution in [1.82, 2.24) is 10.1 Å². The summed E-state index contributed by atoms with van der Waals surface area (Å²) in [5.41, 5.74) is 6.32. The smallest absolute Gasteiger partial charge is 0.170 e. The van der Waals surface area contributed by atoms with Gasteiger partial charge in [-0.3, -0.25) is 0 Å². The zero-order chi connectivity index (χ0) is 7.68. The van der Waals surface area contributed by atoms with Gasteiger partial charge < -0.3 is 15.2 Å². The summed E-state index contributed by atoms with van der Waals surface area (Å²) in [6.45, 7) is 0. The highest BCUT2D eigenvalue weighted by Crippen LogP contribution is 2.19. The molecule has 0 bridgehead atoms. The van der Waals surface area contributed by atoms with E-state index in [-0.39, 0.29) is 0 Å². The highest BCUT2D eigenvalue weighted by atomic mass is 16.5. The monoisotopic (exact) mass is 149 g/mol. The van der Waals surface area contributed by atoms with Gasteiger partial charge in [0.25, 0.3) is 0 Å². The number of aromatic nitrogens is 2. The first kappa shape index (κ1) is 6.03. The Morgan fingerprint density at radius 3 is 3.00 bits per heavy atom. The minimum absolute atomic E-state index is 0.404. The number of rotatable bonds is 1. The average molecular weight is 149 g/mol. The van der Waals surface area contributed by atoms with Gasteiger partial charge in [-0.15, -0.1) is 0 Å². The highest BCUT2D eigenvalue weighted by molar-refractivity contribution is 5.58. The van der Waals surface area contributed by atoms with Gasteiger partial charge >= 0.3 is 0 Å². The van der Waals surface area contributed by atoms with E-state index in [0.717, 1.165) is 5.56 Å². The first-order chi connectivity index (χ1) is 5.36. The summed E-state index contributed by atoms with van der Waals surface area (Å²) in [6, 6.07) is 3.57. The molecule has 0 atom stereocenters. The van der Waals surface area contributed by atoms with Crippen LogP contribution >= 0.6 is 0 Å². The Labute approximate surface area is 63.0 Å². The van der Waals surface area contributed by atoms with Crippen molar-refractivity contribution in [3.63, 3.8) is 0 Å². The number of nitrogens with one attached hydrogen (secondary N) is 1. The van der Waals surface area contributed by atoms with Crippen LogP contribution in [0.25, 0.3) is 11.3 Å². The fourth-order valence-corrected chi connectivity index (χ4v) is 0.902. The second-order valence-corrected chi connectivity index (χ2v) is 2.22. The van der Waals surface area contributed by atoms with E-state index in [0.29, 0.717) is 11.6 Å². The Morgan fingerprint density at radius 1 is 1.55 bits per heavy atom. The highest BCUT2D eigenvalue weighted by Gasteiger charge is 2.02. The molecule has 3 N–H and O–H groups in total. The van der Waals surface area contributed by atoms with E-state index >= 15 is 0 Å². The maximum atomic E-state index is 5.37. The molecule has 2 rings (SSSR count).